The van der Waals surface area contributed by atoms with E-state index in [0.29, 0.717) is 5.82 Å². The minimum atomic E-state index is -0.592. The van der Waals surface area contributed by atoms with Crippen LogP contribution >= 0.6 is 11.6 Å². The standard InChI is InChI=1S/C20H11B4ClN4O/c1-29-8-26-7-12(29)9-2-3-10-6-27-13(5-11(10)4-9)28-20(30)14-15(21)16(22)17(23)18(24)19(14)25/h2-8H,1H3,(H,27,28,30). The fourth-order valence-corrected chi connectivity index (χ4v) is 3.49. The summed E-state index contributed by atoms with van der Waals surface area (Å²) >= 11 is 6.19. The zero-order valence-corrected chi connectivity index (χ0v) is 16.7. The number of halogens is 1. The summed E-state index contributed by atoms with van der Waals surface area (Å²) in [7, 11) is 25.3. The van der Waals surface area contributed by atoms with Crippen molar-refractivity contribution in [1.29, 1.82) is 0 Å². The number of pyridine rings is 1. The molecule has 0 bridgehead atoms. The van der Waals surface area contributed by atoms with E-state index in [1.54, 1.807) is 24.8 Å². The smallest absolute Gasteiger partial charge is 0.257 e. The predicted octanol–water partition coefficient (Wildman–Crippen LogP) is -0.284. The molecule has 0 unspecified atom stereocenters. The second-order valence-electron chi connectivity index (χ2n) is 6.82. The number of carbonyl (C=O) groups excluding carboxylic acids is 1. The Hall–Kier alpha value is -2.92. The number of imidazole rings is 1. The van der Waals surface area contributed by atoms with Crippen molar-refractivity contribution in [3.05, 3.63) is 53.6 Å². The summed E-state index contributed by atoms with van der Waals surface area (Å²) in [6.45, 7) is 0. The van der Waals surface area contributed by atoms with Crippen molar-refractivity contribution in [2.45, 2.75) is 0 Å². The van der Waals surface area contributed by atoms with Crippen LogP contribution in [0.25, 0.3) is 22.0 Å². The van der Waals surface area contributed by atoms with Gasteiger partial charge in [0.25, 0.3) is 5.91 Å². The van der Waals surface area contributed by atoms with E-state index in [4.69, 9.17) is 43.0 Å². The summed E-state index contributed by atoms with van der Waals surface area (Å²) in [6.07, 6.45) is 5.18. The van der Waals surface area contributed by atoms with Gasteiger partial charge in [-0.05, 0) is 17.5 Å². The molecular weight excluding hydrogens is 391 g/mol. The first-order chi connectivity index (χ1) is 14.3. The lowest BCUT2D eigenvalue weighted by atomic mass is 9.65. The first-order valence-electron chi connectivity index (χ1n) is 8.87. The fraction of sp³-hybridized carbons (Fsp3) is 0.0500. The number of nitrogens with zero attached hydrogens (tertiary/aromatic N) is 3. The maximum Gasteiger partial charge on any atom is 0.257 e. The average molecular weight is 402 g/mol. The van der Waals surface area contributed by atoms with Crippen molar-refractivity contribution in [3.8, 4) is 11.3 Å². The van der Waals surface area contributed by atoms with Gasteiger partial charge in [0.05, 0.1) is 23.8 Å². The molecule has 136 valence electrons. The largest absolute Gasteiger partial charge is 0.334 e. The molecule has 4 aromatic rings. The first kappa shape index (κ1) is 20.4. The molecule has 0 aliphatic heterocycles. The Bertz CT molecular complexity index is 1290. The number of benzene rings is 2. The average Bonchev–Trinajstić information content (AvgIpc) is 3.16. The number of carbonyl (C=O) groups is 1. The Morgan fingerprint density at radius 2 is 1.73 bits per heavy atom. The molecule has 2 aromatic carbocycles. The highest BCUT2D eigenvalue weighted by atomic mass is 35.5. The molecule has 2 heterocycles. The molecule has 10 heteroatoms. The third-order valence-electron chi connectivity index (χ3n) is 4.90. The van der Waals surface area contributed by atoms with Gasteiger partial charge < -0.3 is 9.88 Å². The maximum atomic E-state index is 12.8. The van der Waals surface area contributed by atoms with E-state index in [9.17, 15) is 4.79 Å². The van der Waals surface area contributed by atoms with Gasteiger partial charge in [0, 0.05) is 29.2 Å². The maximum absolute atomic E-state index is 12.8. The predicted molar refractivity (Wildman–Crippen MR) is 125 cm³/mol. The Morgan fingerprint density at radius 1 is 1.00 bits per heavy atom. The van der Waals surface area contributed by atoms with Gasteiger partial charge in [-0.1, -0.05) is 34.7 Å². The summed E-state index contributed by atoms with van der Waals surface area (Å²) in [5, 5.41) is 4.43. The number of hydrogen-bond donors (Lipinski definition) is 1. The molecule has 2 aromatic heterocycles. The van der Waals surface area contributed by atoms with Crippen LogP contribution in [0.5, 0.6) is 0 Å². The lowest BCUT2D eigenvalue weighted by Gasteiger charge is -2.18. The Balaban J connectivity index is 1.71. The quantitative estimate of drug-likeness (QED) is 0.480. The number of aryl methyl sites for hydroxylation is 1. The van der Waals surface area contributed by atoms with E-state index >= 15 is 0 Å². The van der Waals surface area contributed by atoms with E-state index in [1.165, 1.54) is 0 Å². The minimum absolute atomic E-state index is 0.000747. The van der Waals surface area contributed by atoms with Crippen LogP contribution < -0.4 is 27.2 Å². The Labute approximate surface area is 183 Å². The summed E-state index contributed by atoms with van der Waals surface area (Å²) in [6, 6.07) is 7.68. The number of amides is 1. The van der Waals surface area contributed by atoms with Gasteiger partial charge in [-0.2, -0.15) is 0 Å². The summed E-state index contributed by atoms with van der Waals surface area (Å²) in [5.74, 6) is -0.273. The molecule has 0 fully saturated rings. The van der Waals surface area contributed by atoms with Crippen LogP contribution in [-0.4, -0.2) is 51.8 Å². The molecule has 0 aliphatic rings. The molecule has 0 atom stereocenters. The van der Waals surface area contributed by atoms with E-state index in [1.807, 2.05) is 29.8 Å². The van der Waals surface area contributed by atoms with Crippen molar-refractivity contribution in [3.63, 3.8) is 0 Å². The number of rotatable bonds is 3. The van der Waals surface area contributed by atoms with Crippen molar-refractivity contribution >= 4 is 87.3 Å². The summed E-state index contributed by atoms with van der Waals surface area (Å²) in [5.41, 5.74) is 1.91. The molecule has 4 rings (SSSR count). The van der Waals surface area contributed by atoms with Gasteiger partial charge in [0.2, 0.25) is 0 Å². The Morgan fingerprint density at radius 3 is 2.43 bits per heavy atom. The van der Waals surface area contributed by atoms with Gasteiger partial charge in [0.1, 0.15) is 37.2 Å². The lowest BCUT2D eigenvalue weighted by Crippen LogP contribution is -2.50. The number of anilines is 1. The molecule has 1 amide bonds. The first-order valence-corrected chi connectivity index (χ1v) is 9.25. The number of nitrogens with one attached hydrogen (secondary N) is 1. The Kier molecular flexibility index (Phi) is 5.24. The van der Waals surface area contributed by atoms with Crippen molar-refractivity contribution in [1.82, 2.24) is 14.5 Å². The normalized spacial score (nSPS) is 11.0. The lowest BCUT2D eigenvalue weighted by molar-refractivity contribution is 0.102. The molecule has 8 radical (unpaired) electrons. The highest BCUT2D eigenvalue weighted by molar-refractivity contribution is 6.66. The highest BCUT2D eigenvalue weighted by Gasteiger charge is 2.19. The molecule has 0 saturated heterocycles. The zero-order chi connectivity index (χ0) is 21.6. The molecular formula is C20H11B4ClN4O. The molecule has 5 nitrogen and oxygen atoms in total. The third kappa shape index (κ3) is 3.43. The minimum Gasteiger partial charge on any atom is -0.334 e. The number of hydrogen-bond acceptors (Lipinski definition) is 3. The summed E-state index contributed by atoms with van der Waals surface area (Å²) in [4.78, 5) is 21.3. The third-order valence-corrected chi connectivity index (χ3v) is 5.29. The van der Waals surface area contributed by atoms with Gasteiger partial charge in [0.15, 0.2) is 0 Å². The van der Waals surface area contributed by atoms with Crippen LogP contribution in [0.15, 0.2) is 43.0 Å². The second kappa shape index (κ2) is 7.73. The number of aromatic nitrogens is 3. The fourth-order valence-electron chi connectivity index (χ4n) is 3.20. The van der Waals surface area contributed by atoms with Gasteiger partial charge >= 0.3 is 0 Å². The van der Waals surface area contributed by atoms with Gasteiger partial charge in [-0.15, -0.1) is 10.9 Å². The molecule has 30 heavy (non-hydrogen) atoms. The summed E-state index contributed by atoms with van der Waals surface area (Å²) < 4.78 is 1.92. The van der Waals surface area contributed by atoms with Crippen LogP contribution in [0, 0.1) is 0 Å². The molecule has 0 aliphatic carbocycles. The monoisotopic (exact) mass is 402 g/mol. The van der Waals surface area contributed by atoms with E-state index in [2.05, 4.69) is 15.3 Å². The van der Waals surface area contributed by atoms with Crippen LogP contribution in [-0.2, 0) is 7.05 Å². The van der Waals surface area contributed by atoms with E-state index in [-0.39, 0.29) is 32.4 Å². The van der Waals surface area contributed by atoms with Gasteiger partial charge in [-0.25, -0.2) is 9.97 Å². The van der Waals surface area contributed by atoms with Crippen molar-refractivity contribution in [2.75, 3.05) is 5.32 Å². The topological polar surface area (TPSA) is 59.8 Å². The molecule has 0 spiro atoms. The highest BCUT2D eigenvalue weighted by Crippen LogP contribution is 2.25. The van der Waals surface area contributed by atoms with Crippen molar-refractivity contribution in [2.24, 2.45) is 7.05 Å². The van der Waals surface area contributed by atoms with E-state index < -0.39 is 5.91 Å². The van der Waals surface area contributed by atoms with Crippen LogP contribution in [0.1, 0.15) is 10.4 Å². The van der Waals surface area contributed by atoms with Gasteiger partial charge in [-0.3, -0.25) is 4.79 Å². The molecule has 0 saturated carbocycles. The van der Waals surface area contributed by atoms with Crippen LogP contribution in [0.4, 0.5) is 5.82 Å². The van der Waals surface area contributed by atoms with E-state index in [0.717, 1.165) is 22.0 Å². The van der Waals surface area contributed by atoms with Crippen LogP contribution in [0.2, 0.25) is 5.02 Å². The zero-order valence-electron chi connectivity index (χ0n) is 16.0. The second-order valence-corrected chi connectivity index (χ2v) is 7.20. The molecule has 1 N–H and O–H groups in total. The van der Waals surface area contributed by atoms with Crippen LogP contribution in [0.3, 0.4) is 0 Å². The number of fused-ring (bicyclic) bond motifs is 1. The van der Waals surface area contributed by atoms with Crippen molar-refractivity contribution < 1.29 is 4.79 Å². The SMILES string of the molecule is [B]c1c([B])c([B])c(C(=O)Nc2cc3cc(-c4cncn4C)ccc3cn2)c(Cl)c1[B].